The first-order valence-electron chi connectivity index (χ1n) is 7.65. The number of hydrogen-bond acceptors (Lipinski definition) is 4. The third-order valence-electron chi connectivity index (χ3n) is 3.83. The molecule has 5 nitrogen and oxygen atoms in total. The lowest BCUT2D eigenvalue weighted by molar-refractivity contribution is 0.217. The van der Waals surface area contributed by atoms with Gasteiger partial charge in [-0.15, -0.1) is 0 Å². The zero-order chi connectivity index (χ0) is 15.4. The third-order valence-corrected chi connectivity index (χ3v) is 4.19. The van der Waals surface area contributed by atoms with Crippen molar-refractivity contribution >= 4 is 17.3 Å². The number of nitrogens with zero attached hydrogens (tertiary/aromatic N) is 3. The fraction of sp³-hybridized carbons (Fsp3) is 0.733. The smallest absolute Gasteiger partial charge is 0.287 e. The van der Waals surface area contributed by atoms with E-state index in [0.29, 0.717) is 24.1 Å². The zero-order valence-electron chi connectivity index (χ0n) is 13.1. The van der Waals surface area contributed by atoms with Crippen LogP contribution in [0.1, 0.15) is 26.7 Å². The molecule has 1 unspecified atom stereocenters. The molecule has 118 valence electrons. The van der Waals surface area contributed by atoms with Gasteiger partial charge in [-0.3, -0.25) is 4.79 Å². The lowest BCUT2D eigenvalue weighted by atomic mass is 9.98. The molecule has 1 atom stereocenters. The van der Waals surface area contributed by atoms with Crippen molar-refractivity contribution in [1.29, 1.82) is 0 Å². The molecule has 0 aromatic carbocycles. The Kier molecular flexibility index (Phi) is 5.65. The standard InChI is InChI=1S/C15H25ClN4O/c1-11(2)9-20-15(21)14(16)13(8-18-20)17-7-12-5-4-6-19(3)10-12/h8,11-12,17H,4-7,9-10H2,1-3H3. The van der Waals surface area contributed by atoms with Gasteiger partial charge in [-0.1, -0.05) is 25.4 Å². The van der Waals surface area contributed by atoms with Crippen molar-refractivity contribution < 1.29 is 0 Å². The zero-order valence-corrected chi connectivity index (χ0v) is 13.9. The van der Waals surface area contributed by atoms with Crippen molar-refractivity contribution in [3.05, 3.63) is 21.6 Å². The minimum absolute atomic E-state index is 0.212. The molecule has 0 saturated carbocycles. The number of halogens is 1. The van der Waals surface area contributed by atoms with Gasteiger partial charge < -0.3 is 10.2 Å². The summed E-state index contributed by atoms with van der Waals surface area (Å²) in [6, 6.07) is 0. The number of piperidine rings is 1. The fourth-order valence-electron chi connectivity index (χ4n) is 2.76. The van der Waals surface area contributed by atoms with Gasteiger partial charge in [0, 0.05) is 19.6 Å². The van der Waals surface area contributed by atoms with Crippen LogP contribution < -0.4 is 10.9 Å². The molecule has 1 aliphatic heterocycles. The van der Waals surface area contributed by atoms with E-state index in [-0.39, 0.29) is 10.6 Å². The highest BCUT2D eigenvalue weighted by molar-refractivity contribution is 6.32. The quantitative estimate of drug-likeness (QED) is 0.906. The molecule has 0 spiro atoms. The fourth-order valence-corrected chi connectivity index (χ4v) is 2.97. The molecule has 0 radical (unpaired) electrons. The van der Waals surface area contributed by atoms with Crippen molar-refractivity contribution in [3.63, 3.8) is 0 Å². The summed E-state index contributed by atoms with van der Waals surface area (Å²) < 4.78 is 1.44. The van der Waals surface area contributed by atoms with Crippen LogP contribution in [-0.2, 0) is 6.54 Å². The molecule has 0 bridgehead atoms. The number of rotatable bonds is 5. The van der Waals surface area contributed by atoms with E-state index in [1.54, 1.807) is 6.20 Å². The summed E-state index contributed by atoms with van der Waals surface area (Å²) in [6.07, 6.45) is 4.11. The van der Waals surface area contributed by atoms with Crippen molar-refractivity contribution in [2.45, 2.75) is 33.2 Å². The molecule has 1 aromatic rings. The van der Waals surface area contributed by atoms with Crippen LogP contribution in [0, 0.1) is 11.8 Å². The Balaban J connectivity index is 2.00. The SMILES string of the molecule is CC(C)Cn1ncc(NCC2CCCN(C)C2)c(Cl)c1=O. The molecular formula is C15H25ClN4O. The van der Waals surface area contributed by atoms with E-state index in [4.69, 9.17) is 11.6 Å². The number of hydrogen-bond donors (Lipinski definition) is 1. The van der Waals surface area contributed by atoms with Crippen molar-refractivity contribution in [1.82, 2.24) is 14.7 Å². The van der Waals surface area contributed by atoms with Gasteiger partial charge in [-0.2, -0.15) is 5.10 Å². The van der Waals surface area contributed by atoms with Gasteiger partial charge in [0.15, 0.2) is 0 Å². The Labute approximate surface area is 131 Å². The largest absolute Gasteiger partial charge is 0.382 e. The first kappa shape index (κ1) is 16.3. The molecular weight excluding hydrogens is 288 g/mol. The van der Waals surface area contributed by atoms with Crippen LogP contribution in [0.4, 0.5) is 5.69 Å². The molecule has 21 heavy (non-hydrogen) atoms. The highest BCUT2D eigenvalue weighted by Crippen LogP contribution is 2.19. The Bertz CT molecular complexity index is 529. The molecule has 2 rings (SSSR count). The highest BCUT2D eigenvalue weighted by atomic mass is 35.5. The predicted molar refractivity (Wildman–Crippen MR) is 87.1 cm³/mol. The predicted octanol–water partition coefficient (Wildman–Crippen LogP) is 2.31. The second kappa shape index (κ2) is 7.27. The molecule has 2 heterocycles. The van der Waals surface area contributed by atoms with Crippen LogP contribution in [0.15, 0.2) is 11.0 Å². The van der Waals surface area contributed by atoms with Crippen LogP contribution in [0.3, 0.4) is 0 Å². The second-order valence-electron chi connectivity index (χ2n) is 6.40. The van der Waals surface area contributed by atoms with E-state index >= 15 is 0 Å². The second-order valence-corrected chi connectivity index (χ2v) is 6.78. The first-order chi connectivity index (χ1) is 9.97. The minimum Gasteiger partial charge on any atom is -0.382 e. The van der Waals surface area contributed by atoms with E-state index in [1.165, 1.54) is 24.1 Å². The first-order valence-corrected chi connectivity index (χ1v) is 8.03. The summed E-state index contributed by atoms with van der Waals surface area (Å²) in [5.74, 6) is 0.959. The maximum Gasteiger partial charge on any atom is 0.287 e. The molecule has 6 heteroatoms. The Hall–Kier alpha value is -1.07. The molecule has 1 fully saturated rings. The number of anilines is 1. The summed E-state index contributed by atoms with van der Waals surface area (Å²) in [6.45, 7) is 7.78. The van der Waals surface area contributed by atoms with Crippen LogP contribution in [0.25, 0.3) is 0 Å². The van der Waals surface area contributed by atoms with Crippen molar-refractivity contribution in [3.8, 4) is 0 Å². The van der Waals surface area contributed by atoms with E-state index in [0.717, 1.165) is 13.1 Å². The Morgan fingerprint density at radius 3 is 2.95 bits per heavy atom. The van der Waals surface area contributed by atoms with Crippen LogP contribution in [-0.4, -0.2) is 41.4 Å². The minimum atomic E-state index is -0.212. The summed E-state index contributed by atoms with van der Waals surface area (Å²) in [5, 5.41) is 7.74. The molecule has 1 N–H and O–H groups in total. The molecule has 1 aromatic heterocycles. The summed E-state index contributed by atoms with van der Waals surface area (Å²) in [5.41, 5.74) is 0.436. The topological polar surface area (TPSA) is 50.2 Å². The Morgan fingerprint density at radius 2 is 2.29 bits per heavy atom. The third kappa shape index (κ3) is 4.45. The van der Waals surface area contributed by atoms with Gasteiger partial charge in [0.05, 0.1) is 11.9 Å². The Morgan fingerprint density at radius 1 is 1.52 bits per heavy atom. The maximum atomic E-state index is 12.1. The number of likely N-dealkylation sites (tertiary alicyclic amines) is 1. The van der Waals surface area contributed by atoms with E-state index in [1.807, 2.05) is 13.8 Å². The molecule has 1 aliphatic rings. The molecule has 1 saturated heterocycles. The van der Waals surface area contributed by atoms with E-state index < -0.39 is 0 Å². The lowest BCUT2D eigenvalue weighted by Gasteiger charge is -2.30. The highest BCUT2D eigenvalue weighted by Gasteiger charge is 2.18. The summed E-state index contributed by atoms with van der Waals surface area (Å²) in [4.78, 5) is 14.5. The van der Waals surface area contributed by atoms with Gasteiger partial charge >= 0.3 is 0 Å². The average Bonchev–Trinajstić information content (AvgIpc) is 2.43. The van der Waals surface area contributed by atoms with E-state index in [9.17, 15) is 4.79 Å². The number of aromatic nitrogens is 2. The van der Waals surface area contributed by atoms with Crippen LogP contribution in [0.2, 0.25) is 5.02 Å². The van der Waals surface area contributed by atoms with Crippen LogP contribution >= 0.6 is 11.6 Å². The van der Waals surface area contributed by atoms with Gasteiger partial charge in [0.1, 0.15) is 5.02 Å². The van der Waals surface area contributed by atoms with Crippen molar-refractivity contribution in [2.24, 2.45) is 11.8 Å². The van der Waals surface area contributed by atoms with Gasteiger partial charge in [0.2, 0.25) is 0 Å². The van der Waals surface area contributed by atoms with Gasteiger partial charge in [-0.25, -0.2) is 4.68 Å². The van der Waals surface area contributed by atoms with Gasteiger partial charge in [-0.05, 0) is 38.3 Å². The summed E-state index contributed by atoms with van der Waals surface area (Å²) >= 11 is 6.18. The summed E-state index contributed by atoms with van der Waals surface area (Å²) in [7, 11) is 2.15. The monoisotopic (exact) mass is 312 g/mol. The number of nitrogens with one attached hydrogen (secondary N) is 1. The van der Waals surface area contributed by atoms with Crippen molar-refractivity contribution in [2.75, 3.05) is 32.0 Å². The normalized spacial score (nSPS) is 20.0. The van der Waals surface area contributed by atoms with Gasteiger partial charge in [0.25, 0.3) is 5.56 Å². The molecule has 0 aliphatic carbocycles. The molecule has 0 amide bonds. The maximum absolute atomic E-state index is 12.1. The van der Waals surface area contributed by atoms with E-state index in [2.05, 4.69) is 22.4 Å². The van der Waals surface area contributed by atoms with Crippen LogP contribution in [0.5, 0.6) is 0 Å². The lowest BCUT2D eigenvalue weighted by Crippen LogP contribution is -2.35. The average molecular weight is 313 g/mol.